The molecule has 8 nitrogen and oxygen atoms in total. The van der Waals surface area contributed by atoms with E-state index in [9.17, 15) is 14.4 Å². The number of aryl methyl sites for hydroxylation is 3. The van der Waals surface area contributed by atoms with E-state index in [1.54, 1.807) is 37.3 Å². The van der Waals surface area contributed by atoms with Crippen molar-refractivity contribution in [3.8, 4) is 5.75 Å². The van der Waals surface area contributed by atoms with E-state index in [4.69, 9.17) is 4.74 Å². The van der Waals surface area contributed by atoms with E-state index in [0.29, 0.717) is 28.4 Å². The van der Waals surface area contributed by atoms with Crippen molar-refractivity contribution in [2.24, 2.45) is 0 Å². The largest absolute Gasteiger partial charge is 0.482 e. The van der Waals surface area contributed by atoms with Crippen LogP contribution in [0.1, 0.15) is 27.3 Å². The fourth-order valence-corrected chi connectivity index (χ4v) is 3.45. The third kappa shape index (κ3) is 4.18. The van der Waals surface area contributed by atoms with Crippen molar-refractivity contribution in [1.29, 1.82) is 0 Å². The summed E-state index contributed by atoms with van der Waals surface area (Å²) in [4.78, 5) is 39.4. The molecule has 158 valence electrons. The van der Waals surface area contributed by atoms with Gasteiger partial charge in [-0.15, -0.1) is 0 Å². The van der Waals surface area contributed by atoms with Crippen molar-refractivity contribution in [2.45, 2.75) is 20.8 Å². The molecule has 3 aromatic rings. The van der Waals surface area contributed by atoms with Gasteiger partial charge in [-0.05, 0) is 57.2 Å². The van der Waals surface area contributed by atoms with Gasteiger partial charge in [0.05, 0.1) is 11.4 Å². The van der Waals surface area contributed by atoms with Crippen molar-refractivity contribution in [3.05, 3.63) is 71.0 Å². The number of ether oxygens (including phenoxy) is 1. The summed E-state index contributed by atoms with van der Waals surface area (Å²) in [5, 5.41) is 7.01. The van der Waals surface area contributed by atoms with Gasteiger partial charge >= 0.3 is 0 Å². The molecule has 0 aliphatic carbocycles. The number of nitrogens with one attached hydrogen (secondary N) is 1. The van der Waals surface area contributed by atoms with E-state index in [0.717, 1.165) is 11.3 Å². The molecule has 0 unspecified atom stereocenters. The third-order valence-electron chi connectivity index (χ3n) is 4.99. The van der Waals surface area contributed by atoms with E-state index in [1.165, 1.54) is 9.58 Å². The number of nitrogens with zero attached hydrogens (tertiary/aromatic N) is 3. The van der Waals surface area contributed by atoms with Gasteiger partial charge in [0.25, 0.3) is 11.8 Å². The molecule has 0 atom stereocenters. The first kappa shape index (κ1) is 20.3. The lowest BCUT2D eigenvalue weighted by atomic mass is 10.1. The summed E-state index contributed by atoms with van der Waals surface area (Å²) < 4.78 is 6.81. The Morgan fingerprint density at radius 1 is 1.06 bits per heavy atom. The minimum absolute atomic E-state index is 0.171. The summed E-state index contributed by atoms with van der Waals surface area (Å²) in [6.45, 7) is 5.20. The molecule has 0 radical (unpaired) electrons. The smallest absolute Gasteiger partial charge is 0.278 e. The summed E-state index contributed by atoms with van der Waals surface area (Å²) in [6, 6.07) is 14.0. The second kappa shape index (κ2) is 8.06. The Morgan fingerprint density at radius 2 is 1.81 bits per heavy atom. The minimum atomic E-state index is -0.359. The molecule has 2 amide bonds. The zero-order valence-electron chi connectivity index (χ0n) is 17.5. The fraction of sp³-hybridized carbons (Fsp3) is 0.217. The first-order valence-corrected chi connectivity index (χ1v) is 9.83. The summed E-state index contributed by atoms with van der Waals surface area (Å²) in [6.07, 6.45) is 0. The molecular formula is C23H22N4O4. The number of aromatic nitrogens is 2. The molecule has 0 spiro atoms. The molecule has 8 heteroatoms. The summed E-state index contributed by atoms with van der Waals surface area (Å²) >= 11 is 0. The molecule has 0 fully saturated rings. The van der Waals surface area contributed by atoms with E-state index in [2.05, 4.69) is 10.4 Å². The number of hydrogen-bond acceptors (Lipinski definition) is 5. The van der Waals surface area contributed by atoms with E-state index in [-0.39, 0.29) is 30.9 Å². The zero-order chi connectivity index (χ0) is 22.1. The molecule has 2 aromatic carbocycles. The highest BCUT2D eigenvalue weighted by molar-refractivity contribution is 6.06. The molecule has 0 saturated heterocycles. The first-order chi connectivity index (χ1) is 14.8. The van der Waals surface area contributed by atoms with E-state index < -0.39 is 0 Å². The predicted octanol–water partition coefficient (Wildman–Crippen LogP) is 2.86. The number of fused-ring (bicyclic) bond motifs is 1. The Balaban J connectivity index is 1.59. The lowest BCUT2D eigenvalue weighted by Crippen LogP contribution is -2.43. The number of carbonyl (C=O) groups is 3. The molecule has 2 heterocycles. The van der Waals surface area contributed by atoms with Crippen LogP contribution in [0.25, 0.3) is 0 Å². The molecule has 31 heavy (non-hydrogen) atoms. The van der Waals surface area contributed by atoms with Crippen LogP contribution in [0.3, 0.4) is 0 Å². The van der Waals surface area contributed by atoms with Gasteiger partial charge in [-0.25, -0.2) is 4.68 Å². The van der Waals surface area contributed by atoms with Gasteiger partial charge in [-0.3, -0.25) is 19.3 Å². The van der Waals surface area contributed by atoms with Crippen LogP contribution in [-0.4, -0.2) is 40.7 Å². The van der Waals surface area contributed by atoms with Crippen LogP contribution in [0.5, 0.6) is 5.75 Å². The molecule has 1 aromatic heterocycles. The van der Waals surface area contributed by atoms with Crippen LogP contribution in [0.4, 0.5) is 11.4 Å². The van der Waals surface area contributed by atoms with Crippen LogP contribution in [-0.2, 0) is 9.59 Å². The maximum Gasteiger partial charge on any atom is 0.278 e. The standard InChI is InChI=1S/C23H22N4O4/c1-14-4-7-18(8-5-14)24-21(28)12-26-19-11-17(6-9-20(19)31-13-22(26)29)23(30)27-16(3)10-15(2)25-27/h4-11H,12-13H2,1-3H3,(H,24,28). The number of hydrogen-bond donors (Lipinski definition) is 1. The van der Waals surface area contributed by atoms with Gasteiger partial charge in [0.2, 0.25) is 5.91 Å². The van der Waals surface area contributed by atoms with Crippen LogP contribution in [0.2, 0.25) is 0 Å². The second-order valence-corrected chi connectivity index (χ2v) is 7.51. The lowest BCUT2D eigenvalue weighted by molar-refractivity contribution is -0.123. The maximum absolute atomic E-state index is 12.9. The number of carbonyl (C=O) groups excluding carboxylic acids is 3. The van der Waals surface area contributed by atoms with Gasteiger partial charge in [0, 0.05) is 16.9 Å². The van der Waals surface area contributed by atoms with Gasteiger partial charge in [-0.2, -0.15) is 5.10 Å². The van der Waals surface area contributed by atoms with Crippen molar-refractivity contribution in [3.63, 3.8) is 0 Å². The summed E-state index contributed by atoms with van der Waals surface area (Å²) in [5.74, 6) is -0.592. The van der Waals surface area contributed by atoms with Crippen LogP contribution >= 0.6 is 0 Å². The number of rotatable bonds is 4. The van der Waals surface area contributed by atoms with Crippen molar-refractivity contribution in [1.82, 2.24) is 9.78 Å². The third-order valence-corrected chi connectivity index (χ3v) is 4.99. The van der Waals surface area contributed by atoms with Gasteiger partial charge in [0.15, 0.2) is 6.61 Å². The topological polar surface area (TPSA) is 93.5 Å². The quantitative estimate of drug-likeness (QED) is 0.703. The Hall–Kier alpha value is -3.94. The van der Waals surface area contributed by atoms with Crippen LogP contribution < -0.4 is 15.0 Å². The van der Waals surface area contributed by atoms with E-state index in [1.807, 2.05) is 32.0 Å². The van der Waals surface area contributed by atoms with E-state index >= 15 is 0 Å². The van der Waals surface area contributed by atoms with Crippen molar-refractivity contribution >= 4 is 29.1 Å². The highest BCUT2D eigenvalue weighted by atomic mass is 16.5. The average molecular weight is 418 g/mol. The average Bonchev–Trinajstić information content (AvgIpc) is 3.09. The lowest BCUT2D eigenvalue weighted by Gasteiger charge is -2.29. The maximum atomic E-state index is 12.9. The summed E-state index contributed by atoms with van der Waals surface area (Å²) in [5.41, 5.74) is 3.88. The van der Waals surface area contributed by atoms with Crippen LogP contribution in [0, 0.1) is 20.8 Å². The minimum Gasteiger partial charge on any atom is -0.482 e. The zero-order valence-corrected chi connectivity index (χ0v) is 17.5. The highest BCUT2D eigenvalue weighted by Crippen LogP contribution is 2.33. The fourth-order valence-electron chi connectivity index (χ4n) is 3.45. The van der Waals surface area contributed by atoms with Crippen LogP contribution in [0.15, 0.2) is 48.5 Å². The SMILES string of the molecule is Cc1ccc(NC(=O)CN2C(=O)COc3ccc(C(=O)n4nc(C)cc4C)cc32)cc1. The first-order valence-electron chi connectivity index (χ1n) is 9.83. The molecule has 4 rings (SSSR count). The molecule has 0 saturated carbocycles. The van der Waals surface area contributed by atoms with Gasteiger partial charge in [0.1, 0.15) is 12.3 Å². The Labute approximate surface area is 179 Å². The number of anilines is 2. The molecular weight excluding hydrogens is 396 g/mol. The van der Waals surface area contributed by atoms with Crippen molar-refractivity contribution in [2.75, 3.05) is 23.4 Å². The molecule has 1 N–H and O–H groups in total. The normalized spacial score (nSPS) is 12.9. The number of amides is 2. The summed E-state index contributed by atoms with van der Waals surface area (Å²) in [7, 11) is 0. The monoisotopic (exact) mass is 418 g/mol. The van der Waals surface area contributed by atoms with Crippen molar-refractivity contribution < 1.29 is 19.1 Å². The second-order valence-electron chi connectivity index (χ2n) is 7.51. The molecule has 1 aliphatic rings. The Kier molecular flexibility index (Phi) is 5.29. The van der Waals surface area contributed by atoms with Gasteiger partial charge < -0.3 is 10.1 Å². The predicted molar refractivity (Wildman–Crippen MR) is 116 cm³/mol. The highest BCUT2D eigenvalue weighted by Gasteiger charge is 2.29. The number of benzene rings is 2. The molecule has 1 aliphatic heterocycles. The molecule has 0 bridgehead atoms. The Bertz CT molecular complexity index is 1180. The van der Waals surface area contributed by atoms with Gasteiger partial charge in [-0.1, -0.05) is 17.7 Å². The Morgan fingerprint density at radius 3 is 2.48 bits per heavy atom.